The number of nitrogens with zero attached hydrogens (tertiary/aromatic N) is 1. The second kappa shape index (κ2) is 7.63. The molecule has 1 aliphatic heterocycles. The van der Waals surface area contributed by atoms with Gasteiger partial charge in [-0.1, -0.05) is 66.4 Å². The summed E-state index contributed by atoms with van der Waals surface area (Å²) in [6.07, 6.45) is 1.78. The Bertz CT molecular complexity index is 862. The first-order chi connectivity index (χ1) is 12.1. The maximum atomic E-state index is 12.6. The average molecular weight is 369 g/mol. The lowest BCUT2D eigenvalue weighted by atomic mass is 10.1. The van der Waals surface area contributed by atoms with Crippen molar-refractivity contribution in [1.82, 2.24) is 4.90 Å². The van der Waals surface area contributed by atoms with Crippen LogP contribution in [0.15, 0.2) is 59.5 Å². The molecular weight excluding hydrogens is 354 g/mol. The van der Waals surface area contributed by atoms with Crippen molar-refractivity contribution in [2.75, 3.05) is 13.7 Å². The number of thioether (sulfide) groups is 1. The molecule has 0 aliphatic carbocycles. The molecule has 3 rings (SSSR count). The minimum Gasteiger partial charge on any atom is -0.496 e. The molecule has 1 fully saturated rings. The highest BCUT2D eigenvalue weighted by molar-refractivity contribution is 8.26. The number of Topliss-reactive ketones (excluding diaryl/α,β-unsaturated/α-hetero) is 1. The summed E-state index contributed by atoms with van der Waals surface area (Å²) in [5.41, 5.74) is 1.35. The fourth-order valence-corrected chi connectivity index (χ4v) is 3.70. The number of hydrogen-bond donors (Lipinski definition) is 0. The normalized spacial score (nSPS) is 15.7. The van der Waals surface area contributed by atoms with E-state index in [9.17, 15) is 9.59 Å². The number of ether oxygens (including phenoxy) is 1. The predicted octanol–water partition coefficient (Wildman–Crippen LogP) is 3.78. The number of hydrogen-bond acceptors (Lipinski definition) is 5. The van der Waals surface area contributed by atoms with Gasteiger partial charge >= 0.3 is 0 Å². The molecule has 0 radical (unpaired) electrons. The van der Waals surface area contributed by atoms with Crippen molar-refractivity contribution in [3.63, 3.8) is 0 Å². The van der Waals surface area contributed by atoms with Gasteiger partial charge in [-0.05, 0) is 23.8 Å². The third kappa shape index (κ3) is 3.81. The van der Waals surface area contributed by atoms with Gasteiger partial charge in [-0.25, -0.2) is 0 Å². The molecule has 0 saturated carbocycles. The number of carbonyl (C=O) groups is 2. The summed E-state index contributed by atoms with van der Waals surface area (Å²) < 4.78 is 5.60. The van der Waals surface area contributed by atoms with Gasteiger partial charge in [-0.3, -0.25) is 14.5 Å². The molecular formula is C19H15NO3S2. The molecule has 126 valence electrons. The van der Waals surface area contributed by atoms with Crippen LogP contribution in [0.2, 0.25) is 0 Å². The molecule has 6 heteroatoms. The Balaban J connectivity index is 1.79. The SMILES string of the molecule is COc1ccccc1C(=O)CN1C(=O)/C(=C/c2ccccc2)SC1=S. The van der Waals surface area contributed by atoms with Gasteiger partial charge in [-0.2, -0.15) is 0 Å². The Hall–Kier alpha value is -2.44. The number of amides is 1. The fourth-order valence-electron chi connectivity index (χ4n) is 2.44. The van der Waals surface area contributed by atoms with Crippen LogP contribution in [0.5, 0.6) is 5.75 Å². The van der Waals surface area contributed by atoms with Crippen LogP contribution in [0.25, 0.3) is 6.08 Å². The van der Waals surface area contributed by atoms with E-state index in [0.29, 0.717) is 20.5 Å². The van der Waals surface area contributed by atoms with Crippen LogP contribution in [0, 0.1) is 0 Å². The number of ketones is 1. The Morgan fingerprint density at radius 3 is 2.56 bits per heavy atom. The molecule has 0 spiro atoms. The third-order valence-electron chi connectivity index (χ3n) is 3.68. The highest BCUT2D eigenvalue weighted by atomic mass is 32.2. The van der Waals surface area contributed by atoms with E-state index in [2.05, 4.69) is 0 Å². The quantitative estimate of drug-likeness (QED) is 0.456. The monoisotopic (exact) mass is 369 g/mol. The van der Waals surface area contributed by atoms with Crippen LogP contribution >= 0.6 is 24.0 Å². The Morgan fingerprint density at radius 2 is 1.84 bits per heavy atom. The van der Waals surface area contributed by atoms with Gasteiger partial charge in [0.1, 0.15) is 10.1 Å². The van der Waals surface area contributed by atoms with Crippen LogP contribution in [0.1, 0.15) is 15.9 Å². The van der Waals surface area contributed by atoms with Crippen molar-refractivity contribution in [3.8, 4) is 5.75 Å². The van der Waals surface area contributed by atoms with Crippen LogP contribution < -0.4 is 4.74 Å². The van der Waals surface area contributed by atoms with Crippen molar-refractivity contribution in [3.05, 3.63) is 70.6 Å². The van der Waals surface area contributed by atoms with E-state index < -0.39 is 0 Å². The van der Waals surface area contributed by atoms with E-state index >= 15 is 0 Å². The minimum atomic E-state index is -0.248. The van der Waals surface area contributed by atoms with E-state index in [1.165, 1.54) is 23.8 Å². The first-order valence-corrected chi connectivity index (χ1v) is 8.79. The largest absolute Gasteiger partial charge is 0.496 e. The molecule has 1 aliphatic rings. The average Bonchev–Trinajstić information content (AvgIpc) is 2.90. The van der Waals surface area contributed by atoms with Crippen LogP contribution in [0.3, 0.4) is 0 Å². The fraction of sp³-hybridized carbons (Fsp3) is 0.105. The predicted molar refractivity (Wildman–Crippen MR) is 104 cm³/mol. The molecule has 0 atom stereocenters. The van der Waals surface area contributed by atoms with Gasteiger partial charge in [0.25, 0.3) is 5.91 Å². The number of rotatable bonds is 5. The summed E-state index contributed by atoms with van der Waals surface area (Å²) in [5, 5.41) is 0. The summed E-state index contributed by atoms with van der Waals surface area (Å²) >= 11 is 6.49. The van der Waals surface area contributed by atoms with Crippen LogP contribution in [-0.2, 0) is 4.79 Å². The molecule has 0 N–H and O–H groups in total. The number of carbonyl (C=O) groups excluding carboxylic acids is 2. The van der Waals surface area contributed by atoms with Crippen molar-refractivity contribution in [1.29, 1.82) is 0 Å². The summed E-state index contributed by atoms with van der Waals surface area (Å²) in [6.45, 7) is -0.100. The number of para-hydroxylation sites is 1. The Morgan fingerprint density at radius 1 is 1.16 bits per heavy atom. The Labute approximate surface area is 155 Å². The highest BCUT2D eigenvalue weighted by Crippen LogP contribution is 2.33. The third-order valence-corrected chi connectivity index (χ3v) is 5.06. The van der Waals surface area contributed by atoms with Gasteiger partial charge in [0.05, 0.1) is 24.1 Å². The van der Waals surface area contributed by atoms with E-state index in [1.54, 1.807) is 30.3 Å². The maximum Gasteiger partial charge on any atom is 0.266 e. The second-order valence-electron chi connectivity index (χ2n) is 5.30. The molecule has 1 amide bonds. The molecule has 0 unspecified atom stereocenters. The highest BCUT2D eigenvalue weighted by Gasteiger charge is 2.33. The Kier molecular flexibility index (Phi) is 5.31. The standard InChI is InChI=1S/C19H15NO3S2/c1-23-16-10-6-5-9-14(16)15(21)12-20-18(22)17(25-19(20)24)11-13-7-3-2-4-8-13/h2-11H,12H2,1H3/b17-11-. The topological polar surface area (TPSA) is 46.6 Å². The van der Waals surface area contributed by atoms with Crippen molar-refractivity contribution in [2.45, 2.75) is 0 Å². The summed E-state index contributed by atoms with van der Waals surface area (Å²) in [5.74, 6) is 0.0228. The zero-order chi connectivity index (χ0) is 17.8. The number of thiocarbonyl (C=S) groups is 1. The lowest BCUT2D eigenvalue weighted by Crippen LogP contribution is -2.33. The summed E-state index contributed by atoms with van der Waals surface area (Å²) in [7, 11) is 1.51. The van der Waals surface area contributed by atoms with Gasteiger partial charge in [-0.15, -0.1) is 0 Å². The van der Waals surface area contributed by atoms with Crippen molar-refractivity contribution < 1.29 is 14.3 Å². The van der Waals surface area contributed by atoms with E-state index in [-0.39, 0.29) is 18.2 Å². The van der Waals surface area contributed by atoms with Gasteiger partial charge < -0.3 is 4.74 Å². The smallest absolute Gasteiger partial charge is 0.266 e. The first kappa shape index (κ1) is 17.4. The molecule has 2 aromatic rings. The van der Waals surface area contributed by atoms with Gasteiger partial charge in [0, 0.05) is 0 Å². The first-order valence-electron chi connectivity index (χ1n) is 7.57. The summed E-state index contributed by atoms with van der Waals surface area (Å²) in [6, 6.07) is 16.5. The maximum absolute atomic E-state index is 12.6. The van der Waals surface area contributed by atoms with Gasteiger partial charge in [0.15, 0.2) is 5.78 Å². The van der Waals surface area contributed by atoms with E-state index in [0.717, 1.165) is 5.56 Å². The van der Waals surface area contributed by atoms with Crippen molar-refractivity contribution >= 4 is 46.1 Å². The molecule has 4 nitrogen and oxygen atoms in total. The van der Waals surface area contributed by atoms with Crippen molar-refractivity contribution in [2.24, 2.45) is 0 Å². The molecule has 25 heavy (non-hydrogen) atoms. The lowest BCUT2D eigenvalue weighted by Gasteiger charge is -2.14. The number of methoxy groups -OCH3 is 1. The minimum absolute atomic E-state index is 0.100. The molecule has 0 bridgehead atoms. The lowest BCUT2D eigenvalue weighted by molar-refractivity contribution is -0.121. The van der Waals surface area contributed by atoms with E-state index in [1.807, 2.05) is 30.3 Å². The van der Waals surface area contributed by atoms with E-state index in [4.69, 9.17) is 17.0 Å². The zero-order valence-electron chi connectivity index (χ0n) is 13.5. The van der Waals surface area contributed by atoms with Crippen LogP contribution in [-0.4, -0.2) is 34.6 Å². The molecule has 0 aromatic heterocycles. The van der Waals surface area contributed by atoms with Gasteiger partial charge in [0.2, 0.25) is 0 Å². The molecule has 1 heterocycles. The van der Waals surface area contributed by atoms with Crippen LogP contribution in [0.4, 0.5) is 0 Å². The zero-order valence-corrected chi connectivity index (χ0v) is 15.1. The molecule has 2 aromatic carbocycles. The molecule has 1 saturated heterocycles. The number of benzene rings is 2. The second-order valence-corrected chi connectivity index (χ2v) is 6.98. The summed E-state index contributed by atoms with van der Waals surface area (Å²) in [4.78, 5) is 27.0.